The minimum absolute atomic E-state index is 0.654. The fourth-order valence-corrected chi connectivity index (χ4v) is 1.94. The zero-order valence-corrected chi connectivity index (χ0v) is 10.2. The van der Waals surface area contributed by atoms with Gasteiger partial charge in [0.1, 0.15) is 11.9 Å². The second kappa shape index (κ2) is 4.63. The SMILES string of the molecule is COc1cc(C)c(C(O)c2ccoc2)cc1C. The minimum Gasteiger partial charge on any atom is -0.496 e. The molecule has 1 unspecified atom stereocenters. The van der Waals surface area contributed by atoms with Crippen LogP contribution in [0.15, 0.2) is 35.1 Å². The number of aliphatic hydroxyl groups is 1. The number of ether oxygens (including phenoxy) is 1. The van der Waals surface area contributed by atoms with Gasteiger partial charge in [0, 0.05) is 5.56 Å². The number of aryl methyl sites for hydroxylation is 2. The number of furan rings is 1. The Labute approximate surface area is 101 Å². The Balaban J connectivity index is 2.42. The second-order valence-corrected chi connectivity index (χ2v) is 4.14. The van der Waals surface area contributed by atoms with Gasteiger partial charge >= 0.3 is 0 Å². The van der Waals surface area contributed by atoms with Gasteiger partial charge in [-0.05, 0) is 48.7 Å². The topological polar surface area (TPSA) is 42.6 Å². The quantitative estimate of drug-likeness (QED) is 0.884. The molecule has 0 saturated carbocycles. The van der Waals surface area contributed by atoms with Crippen molar-refractivity contribution in [2.45, 2.75) is 20.0 Å². The number of rotatable bonds is 3. The number of hydrogen-bond donors (Lipinski definition) is 1. The van der Waals surface area contributed by atoms with Crippen LogP contribution in [0.1, 0.15) is 28.4 Å². The summed E-state index contributed by atoms with van der Waals surface area (Å²) in [5.41, 5.74) is 3.65. The van der Waals surface area contributed by atoms with Crippen LogP contribution in [-0.4, -0.2) is 12.2 Å². The molecule has 90 valence electrons. The zero-order chi connectivity index (χ0) is 12.4. The van der Waals surface area contributed by atoms with Crippen LogP contribution in [0.4, 0.5) is 0 Å². The molecule has 1 heterocycles. The van der Waals surface area contributed by atoms with Crippen molar-refractivity contribution in [3.63, 3.8) is 0 Å². The zero-order valence-electron chi connectivity index (χ0n) is 10.2. The van der Waals surface area contributed by atoms with Gasteiger partial charge in [0.2, 0.25) is 0 Å². The first-order chi connectivity index (χ1) is 8.13. The van der Waals surface area contributed by atoms with Crippen molar-refractivity contribution in [3.8, 4) is 5.75 Å². The summed E-state index contributed by atoms with van der Waals surface area (Å²) >= 11 is 0. The number of methoxy groups -OCH3 is 1. The van der Waals surface area contributed by atoms with E-state index in [9.17, 15) is 5.11 Å². The van der Waals surface area contributed by atoms with E-state index in [1.54, 1.807) is 25.7 Å². The molecule has 3 nitrogen and oxygen atoms in total. The van der Waals surface area contributed by atoms with E-state index in [1.165, 1.54) is 0 Å². The maximum Gasteiger partial charge on any atom is 0.122 e. The van der Waals surface area contributed by atoms with E-state index in [4.69, 9.17) is 9.15 Å². The Hall–Kier alpha value is -1.74. The Morgan fingerprint density at radius 3 is 2.59 bits per heavy atom. The summed E-state index contributed by atoms with van der Waals surface area (Å²) in [6, 6.07) is 5.66. The second-order valence-electron chi connectivity index (χ2n) is 4.14. The molecule has 2 aromatic rings. The predicted molar refractivity (Wildman–Crippen MR) is 65.2 cm³/mol. The molecule has 0 fully saturated rings. The molecule has 1 atom stereocenters. The Kier molecular flexibility index (Phi) is 3.20. The van der Waals surface area contributed by atoms with Gasteiger partial charge in [0.05, 0.1) is 19.6 Å². The first kappa shape index (κ1) is 11.7. The van der Waals surface area contributed by atoms with Gasteiger partial charge in [0.25, 0.3) is 0 Å². The summed E-state index contributed by atoms with van der Waals surface area (Å²) in [7, 11) is 1.65. The molecule has 0 spiro atoms. The highest BCUT2D eigenvalue weighted by molar-refractivity contribution is 5.44. The molecule has 1 aromatic heterocycles. The maximum absolute atomic E-state index is 10.2. The highest BCUT2D eigenvalue weighted by atomic mass is 16.5. The van der Waals surface area contributed by atoms with E-state index < -0.39 is 6.10 Å². The van der Waals surface area contributed by atoms with Crippen molar-refractivity contribution in [2.24, 2.45) is 0 Å². The molecule has 0 aliphatic carbocycles. The van der Waals surface area contributed by atoms with Crippen molar-refractivity contribution in [1.29, 1.82) is 0 Å². The molecule has 1 aromatic carbocycles. The molecule has 0 radical (unpaired) electrons. The maximum atomic E-state index is 10.2. The number of hydrogen-bond acceptors (Lipinski definition) is 3. The highest BCUT2D eigenvalue weighted by Gasteiger charge is 2.15. The lowest BCUT2D eigenvalue weighted by Crippen LogP contribution is -2.02. The highest BCUT2D eigenvalue weighted by Crippen LogP contribution is 2.30. The first-order valence-corrected chi connectivity index (χ1v) is 5.48. The third-order valence-electron chi connectivity index (χ3n) is 2.94. The van der Waals surface area contributed by atoms with Crippen molar-refractivity contribution in [3.05, 3.63) is 53.0 Å². The third kappa shape index (κ3) is 2.19. The first-order valence-electron chi connectivity index (χ1n) is 5.48. The Bertz CT molecular complexity index is 500. The van der Waals surface area contributed by atoms with E-state index in [2.05, 4.69) is 0 Å². The fourth-order valence-electron chi connectivity index (χ4n) is 1.94. The van der Waals surface area contributed by atoms with Crippen molar-refractivity contribution >= 4 is 0 Å². The third-order valence-corrected chi connectivity index (χ3v) is 2.94. The average molecular weight is 232 g/mol. The smallest absolute Gasteiger partial charge is 0.122 e. The van der Waals surface area contributed by atoms with E-state index in [1.807, 2.05) is 26.0 Å². The summed E-state index contributed by atoms with van der Waals surface area (Å²) in [4.78, 5) is 0. The fraction of sp³-hybridized carbons (Fsp3) is 0.286. The van der Waals surface area contributed by atoms with Gasteiger partial charge in [0.15, 0.2) is 0 Å². The van der Waals surface area contributed by atoms with Crippen LogP contribution in [0.3, 0.4) is 0 Å². The van der Waals surface area contributed by atoms with Crippen LogP contribution in [0, 0.1) is 13.8 Å². The van der Waals surface area contributed by atoms with Crippen LogP contribution in [0.2, 0.25) is 0 Å². The van der Waals surface area contributed by atoms with Crippen molar-refractivity contribution in [2.75, 3.05) is 7.11 Å². The molecule has 0 bridgehead atoms. The van der Waals surface area contributed by atoms with Crippen molar-refractivity contribution < 1.29 is 14.3 Å². The van der Waals surface area contributed by atoms with Crippen LogP contribution < -0.4 is 4.74 Å². The predicted octanol–water partition coefficient (Wildman–Crippen LogP) is 2.99. The molecule has 0 amide bonds. The molecule has 0 aliphatic rings. The molecule has 0 aliphatic heterocycles. The van der Waals surface area contributed by atoms with Crippen molar-refractivity contribution in [1.82, 2.24) is 0 Å². The van der Waals surface area contributed by atoms with Gasteiger partial charge in [-0.2, -0.15) is 0 Å². The normalized spacial score (nSPS) is 12.5. The van der Waals surface area contributed by atoms with Gasteiger partial charge in [-0.15, -0.1) is 0 Å². The number of benzene rings is 1. The summed E-state index contributed by atoms with van der Waals surface area (Å²) in [6.07, 6.45) is 2.46. The van der Waals surface area contributed by atoms with E-state index >= 15 is 0 Å². The van der Waals surface area contributed by atoms with Gasteiger partial charge in [-0.1, -0.05) is 0 Å². The van der Waals surface area contributed by atoms with E-state index in [0.29, 0.717) is 0 Å². The minimum atomic E-state index is -0.654. The lowest BCUT2D eigenvalue weighted by molar-refractivity contribution is 0.218. The lowest BCUT2D eigenvalue weighted by Gasteiger charge is -2.15. The molecule has 2 rings (SSSR count). The van der Waals surface area contributed by atoms with Crippen LogP contribution in [0.5, 0.6) is 5.75 Å². The monoisotopic (exact) mass is 232 g/mol. The number of aliphatic hydroxyl groups excluding tert-OH is 1. The molecular formula is C14H16O3. The van der Waals surface area contributed by atoms with E-state index in [0.717, 1.165) is 28.0 Å². The summed E-state index contributed by atoms with van der Waals surface area (Å²) in [5.74, 6) is 0.839. The van der Waals surface area contributed by atoms with E-state index in [-0.39, 0.29) is 0 Å². The largest absolute Gasteiger partial charge is 0.496 e. The molecular weight excluding hydrogens is 216 g/mol. The van der Waals surface area contributed by atoms with Gasteiger partial charge in [-0.25, -0.2) is 0 Å². The lowest BCUT2D eigenvalue weighted by atomic mass is 9.97. The molecule has 3 heteroatoms. The van der Waals surface area contributed by atoms with Gasteiger partial charge < -0.3 is 14.3 Å². The van der Waals surface area contributed by atoms with Crippen LogP contribution in [0.25, 0.3) is 0 Å². The molecule has 1 N–H and O–H groups in total. The van der Waals surface area contributed by atoms with Crippen LogP contribution >= 0.6 is 0 Å². The molecule has 17 heavy (non-hydrogen) atoms. The summed E-state index contributed by atoms with van der Waals surface area (Å²) in [5, 5.41) is 10.2. The summed E-state index contributed by atoms with van der Waals surface area (Å²) in [6.45, 7) is 3.92. The standard InChI is InChI=1S/C14H16O3/c1-9-7-13(16-3)10(2)6-12(9)14(15)11-4-5-17-8-11/h4-8,14-15H,1-3H3. The Morgan fingerprint density at radius 2 is 2.00 bits per heavy atom. The Morgan fingerprint density at radius 1 is 1.24 bits per heavy atom. The van der Waals surface area contributed by atoms with Crippen LogP contribution in [-0.2, 0) is 0 Å². The molecule has 0 saturated heterocycles. The van der Waals surface area contributed by atoms with Gasteiger partial charge in [-0.3, -0.25) is 0 Å². The summed E-state index contributed by atoms with van der Waals surface area (Å²) < 4.78 is 10.2. The average Bonchev–Trinajstić information content (AvgIpc) is 2.84.